The van der Waals surface area contributed by atoms with Crippen molar-refractivity contribution in [2.75, 3.05) is 38.1 Å². The van der Waals surface area contributed by atoms with Gasteiger partial charge in [0.1, 0.15) is 5.82 Å². The first-order chi connectivity index (χ1) is 11.1. The molecule has 0 spiro atoms. The Balaban J connectivity index is 1.59. The third-order valence-electron chi connectivity index (χ3n) is 4.42. The molecule has 1 aliphatic rings. The highest BCUT2D eigenvalue weighted by Gasteiger charge is 2.15. The maximum atomic E-state index is 12.3. The predicted octanol–water partition coefficient (Wildman–Crippen LogP) is 0.590. The summed E-state index contributed by atoms with van der Waals surface area (Å²) in [5.41, 5.74) is 0.911. The molecule has 0 unspecified atom stereocenters. The molecule has 3 heterocycles. The van der Waals surface area contributed by atoms with E-state index in [1.807, 2.05) is 19.3 Å². The summed E-state index contributed by atoms with van der Waals surface area (Å²) in [6, 6.07) is 1.71. The van der Waals surface area contributed by atoms with Crippen LogP contribution >= 0.6 is 0 Å². The van der Waals surface area contributed by atoms with E-state index in [0.717, 1.165) is 50.7 Å². The molecule has 0 N–H and O–H groups in total. The number of rotatable bonds is 5. The summed E-state index contributed by atoms with van der Waals surface area (Å²) >= 11 is 0. The average Bonchev–Trinajstić information content (AvgIpc) is 2.95. The Hall–Kier alpha value is -2.15. The molecule has 0 aromatic carbocycles. The zero-order valence-electron chi connectivity index (χ0n) is 13.9. The first-order valence-corrected chi connectivity index (χ1v) is 8.12. The zero-order chi connectivity index (χ0) is 16.2. The van der Waals surface area contributed by atoms with Crippen LogP contribution in [0.5, 0.6) is 0 Å². The summed E-state index contributed by atoms with van der Waals surface area (Å²) in [4.78, 5) is 21.0. The third kappa shape index (κ3) is 3.79. The minimum Gasteiger partial charge on any atom is -0.368 e. The van der Waals surface area contributed by atoms with Crippen LogP contribution in [0, 0.1) is 6.92 Å². The molecule has 124 valence electrons. The smallest absolute Gasteiger partial charge is 0.268 e. The van der Waals surface area contributed by atoms with E-state index in [0.29, 0.717) is 6.54 Å². The van der Waals surface area contributed by atoms with Gasteiger partial charge in [-0.15, -0.1) is 0 Å². The summed E-state index contributed by atoms with van der Waals surface area (Å²) in [6.45, 7) is 7.39. The second kappa shape index (κ2) is 6.95. The Morgan fingerprint density at radius 1 is 1.17 bits per heavy atom. The van der Waals surface area contributed by atoms with Gasteiger partial charge in [0, 0.05) is 57.7 Å². The average molecular weight is 316 g/mol. The van der Waals surface area contributed by atoms with E-state index in [-0.39, 0.29) is 5.56 Å². The first kappa shape index (κ1) is 15.7. The van der Waals surface area contributed by atoms with E-state index in [4.69, 9.17) is 0 Å². The lowest BCUT2D eigenvalue weighted by atomic mass is 10.3. The highest BCUT2D eigenvalue weighted by atomic mass is 16.1. The number of hydrogen-bond donors (Lipinski definition) is 0. The molecule has 1 saturated heterocycles. The van der Waals surface area contributed by atoms with Crippen LogP contribution in [0.15, 0.2) is 29.5 Å². The fraction of sp³-hybridized carbons (Fsp3) is 0.562. The normalized spacial score (nSPS) is 16.0. The summed E-state index contributed by atoms with van der Waals surface area (Å²) in [5.74, 6) is 0.996. The van der Waals surface area contributed by atoms with Crippen LogP contribution in [0.1, 0.15) is 12.2 Å². The van der Waals surface area contributed by atoms with Gasteiger partial charge in [0.15, 0.2) is 0 Å². The first-order valence-electron chi connectivity index (χ1n) is 8.12. The van der Waals surface area contributed by atoms with Crippen LogP contribution in [0.25, 0.3) is 0 Å². The van der Waals surface area contributed by atoms with Crippen LogP contribution in [-0.4, -0.2) is 57.5 Å². The van der Waals surface area contributed by atoms with Crippen molar-refractivity contribution in [3.05, 3.63) is 40.8 Å². The second-order valence-corrected chi connectivity index (χ2v) is 6.09. The fourth-order valence-corrected chi connectivity index (χ4v) is 2.86. The Morgan fingerprint density at radius 3 is 2.61 bits per heavy atom. The lowest BCUT2D eigenvalue weighted by molar-refractivity contribution is 0.312. The summed E-state index contributed by atoms with van der Waals surface area (Å²) < 4.78 is 3.63. The molecule has 0 bridgehead atoms. The number of anilines is 1. The van der Waals surface area contributed by atoms with E-state index >= 15 is 0 Å². The quantitative estimate of drug-likeness (QED) is 0.808. The topological polar surface area (TPSA) is 59.2 Å². The van der Waals surface area contributed by atoms with Crippen molar-refractivity contribution in [3.63, 3.8) is 0 Å². The molecular formula is C16H24N6O. The van der Waals surface area contributed by atoms with Crippen LogP contribution in [0.2, 0.25) is 0 Å². The third-order valence-corrected chi connectivity index (χ3v) is 4.42. The van der Waals surface area contributed by atoms with Crippen LogP contribution in [0.3, 0.4) is 0 Å². The van der Waals surface area contributed by atoms with E-state index in [1.165, 1.54) is 0 Å². The molecule has 23 heavy (non-hydrogen) atoms. The highest BCUT2D eigenvalue weighted by Crippen LogP contribution is 2.12. The summed E-state index contributed by atoms with van der Waals surface area (Å²) in [6.07, 6.45) is 6.43. The summed E-state index contributed by atoms with van der Waals surface area (Å²) in [7, 11) is 2.12. The number of aromatic nitrogens is 4. The van der Waals surface area contributed by atoms with Crippen molar-refractivity contribution < 1.29 is 0 Å². The zero-order valence-corrected chi connectivity index (χ0v) is 13.9. The van der Waals surface area contributed by atoms with Crippen molar-refractivity contribution in [2.45, 2.75) is 26.4 Å². The van der Waals surface area contributed by atoms with E-state index in [1.54, 1.807) is 16.9 Å². The van der Waals surface area contributed by atoms with E-state index < -0.39 is 0 Å². The lowest BCUT2D eigenvalue weighted by Gasteiger charge is -2.33. The maximum Gasteiger partial charge on any atom is 0.268 e. The van der Waals surface area contributed by atoms with Crippen molar-refractivity contribution in [1.29, 1.82) is 0 Å². The van der Waals surface area contributed by atoms with Gasteiger partial charge in [-0.05, 0) is 20.4 Å². The number of nitrogens with zero attached hydrogens (tertiary/aromatic N) is 6. The Kier molecular flexibility index (Phi) is 4.76. The minimum absolute atomic E-state index is 0.0243. The van der Waals surface area contributed by atoms with Gasteiger partial charge in [-0.2, -0.15) is 5.10 Å². The number of likely N-dealkylation sites (N-methyl/N-ethyl adjacent to an activating group) is 1. The Bertz CT molecular complexity index is 699. The number of piperazine rings is 1. The standard InChI is InChI=1S/C16H24N6O/c1-14-17-4-7-20(14)5-3-6-22-16(23)12-15(13-18-22)21-10-8-19(2)9-11-21/h4,7,12-13H,3,5-6,8-11H2,1-2H3. The predicted molar refractivity (Wildman–Crippen MR) is 89.8 cm³/mol. The molecule has 7 nitrogen and oxygen atoms in total. The molecule has 0 atom stereocenters. The van der Waals surface area contributed by atoms with Gasteiger partial charge in [0.05, 0.1) is 11.9 Å². The van der Waals surface area contributed by atoms with Gasteiger partial charge in [-0.1, -0.05) is 0 Å². The maximum absolute atomic E-state index is 12.3. The number of imidazole rings is 1. The van der Waals surface area contributed by atoms with Crippen molar-refractivity contribution in [1.82, 2.24) is 24.2 Å². The van der Waals surface area contributed by atoms with Gasteiger partial charge in [0.2, 0.25) is 0 Å². The molecule has 0 saturated carbocycles. The molecule has 0 radical (unpaired) electrons. The van der Waals surface area contributed by atoms with E-state index in [9.17, 15) is 4.79 Å². The fourth-order valence-electron chi connectivity index (χ4n) is 2.86. The van der Waals surface area contributed by atoms with Gasteiger partial charge in [-0.3, -0.25) is 4.79 Å². The molecule has 1 aliphatic heterocycles. The Morgan fingerprint density at radius 2 is 1.96 bits per heavy atom. The van der Waals surface area contributed by atoms with Crippen LogP contribution in [-0.2, 0) is 13.1 Å². The molecule has 3 rings (SSSR count). The van der Waals surface area contributed by atoms with E-state index in [2.05, 4.69) is 31.5 Å². The van der Waals surface area contributed by atoms with Crippen molar-refractivity contribution in [2.24, 2.45) is 0 Å². The highest BCUT2D eigenvalue weighted by molar-refractivity contribution is 5.43. The molecule has 0 aliphatic carbocycles. The van der Waals surface area contributed by atoms with Crippen molar-refractivity contribution >= 4 is 5.69 Å². The van der Waals surface area contributed by atoms with Gasteiger partial charge >= 0.3 is 0 Å². The second-order valence-electron chi connectivity index (χ2n) is 6.09. The van der Waals surface area contributed by atoms with Crippen LogP contribution in [0.4, 0.5) is 5.69 Å². The molecule has 1 fully saturated rings. The molecule has 2 aromatic rings. The molecule has 2 aromatic heterocycles. The summed E-state index contributed by atoms with van der Waals surface area (Å²) in [5, 5.41) is 4.34. The Labute approximate surface area is 136 Å². The van der Waals surface area contributed by atoms with Gasteiger partial charge in [-0.25, -0.2) is 9.67 Å². The van der Waals surface area contributed by atoms with Gasteiger partial charge in [0.25, 0.3) is 5.56 Å². The largest absolute Gasteiger partial charge is 0.368 e. The minimum atomic E-state index is -0.0243. The van der Waals surface area contributed by atoms with Gasteiger partial charge < -0.3 is 14.4 Å². The molecule has 0 amide bonds. The molecule has 7 heteroatoms. The van der Waals surface area contributed by atoms with Crippen LogP contribution < -0.4 is 10.5 Å². The lowest BCUT2D eigenvalue weighted by Crippen LogP contribution is -2.45. The number of aryl methyl sites for hydroxylation is 3. The van der Waals surface area contributed by atoms with Crippen molar-refractivity contribution in [3.8, 4) is 0 Å². The monoisotopic (exact) mass is 316 g/mol. The molecular weight excluding hydrogens is 292 g/mol. The number of hydrogen-bond acceptors (Lipinski definition) is 5. The SMILES string of the molecule is Cc1nccn1CCCn1ncc(N2CCN(C)CC2)cc1=O.